The highest BCUT2D eigenvalue weighted by Crippen LogP contribution is 2.29. The highest BCUT2D eigenvalue weighted by molar-refractivity contribution is 6.39. The first-order valence-electron chi connectivity index (χ1n) is 8.61. The van der Waals surface area contributed by atoms with Crippen molar-refractivity contribution < 1.29 is 14.3 Å². The number of carbonyl (C=O) groups excluding carboxylic acids is 2. The normalized spacial score (nSPS) is 19.0. The van der Waals surface area contributed by atoms with E-state index in [9.17, 15) is 9.59 Å². The minimum Gasteiger partial charge on any atom is -0.368 e. The van der Waals surface area contributed by atoms with Crippen molar-refractivity contribution in [1.82, 2.24) is 9.80 Å². The first-order chi connectivity index (χ1) is 12.0. The van der Waals surface area contributed by atoms with Crippen molar-refractivity contribution in [3.8, 4) is 0 Å². The van der Waals surface area contributed by atoms with Gasteiger partial charge in [-0.1, -0.05) is 29.3 Å². The Kier molecular flexibility index (Phi) is 5.87. The van der Waals surface area contributed by atoms with Crippen molar-refractivity contribution in [2.45, 2.75) is 25.9 Å². The van der Waals surface area contributed by atoms with E-state index in [1.807, 2.05) is 0 Å². The first-order valence-corrected chi connectivity index (χ1v) is 9.36. The number of hydrogen-bond donors (Lipinski definition) is 0. The van der Waals surface area contributed by atoms with E-state index in [4.69, 9.17) is 27.9 Å². The molecule has 0 bridgehead atoms. The molecule has 1 aliphatic carbocycles. The van der Waals surface area contributed by atoms with E-state index in [1.165, 1.54) is 12.8 Å². The van der Waals surface area contributed by atoms with Crippen LogP contribution in [-0.4, -0.2) is 60.5 Å². The molecule has 136 valence electrons. The number of halogens is 2. The van der Waals surface area contributed by atoms with Gasteiger partial charge in [0.1, 0.15) is 6.10 Å². The van der Waals surface area contributed by atoms with Gasteiger partial charge in [0.25, 0.3) is 11.8 Å². The van der Waals surface area contributed by atoms with Gasteiger partial charge in [-0.05, 0) is 37.8 Å². The molecule has 1 unspecified atom stereocenters. The zero-order valence-electron chi connectivity index (χ0n) is 14.2. The molecule has 0 aromatic heterocycles. The van der Waals surface area contributed by atoms with Crippen LogP contribution < -0.4 is 0 Å². The number of piperazine rings is 1. The number of benzene rings is 1. The molecule has 3 rings (SSSR count). The summed E-state index contributed by atoms with van der Waals surface area (Å²) in [4.78, 5) is 28.6. The molecule has 2 fully saturated rings. The average Bonchev–Trinajstić information content (AvgIpc) is 3.43. The number of hydrogen-bond acceptors (Lipinski definition) is 3. The lowest BCUT2D eigenvalue weighted by atomic mass is 10.1. The predicted octanol–water partition coefficient (Wildman–Crippen LogP) is 3.09. The van der Waals surface area contributed by atoms with Gasteiger partial charge >= 0.3 is 0 Å². The number of ether oxygens (including phenoxy) is 1. The summed E-state index contributed by atoms with van der Waals surface area (Å²) in [5.74, 6) is 0.425. The van der Waals surface area contributed by atoms with Crippen molar-refractivity contribution in [2.75, 3.05) is 32.8 Å². The van der Waals surface area contributed by atoms with Crippen LogP contribution in [0.4, 0.5) is 0 Å². The third-order valence-electron chi connectivity index (χ3n) is 4.68. The third kappa shape index (κ3) is 4.46. The minimum atomic E-state index is -0.430. The van der Waals surface area contributed by atoms with E-state index in [0.717, 1.165) is 0 Å². The van der Waals surface area contributed by atoms with Gasteiger partial charge < -0.3 is 14.5 Å². The predicted molar refractivity (Wildman–Crippen MR) is 97.1 cm³/mol. The van der Waals surface area contributed by atoms with Crippen molar-refractivity contribution >= 4 is 35.0 Å². The molecule has 1 heterocycles. The van der Waals surface area contributed by atoms with E-state index < -0.39 is 6.10 Å². The van der Waals surface area contributed by atoms with Gasteiger partial charge in [0.2, 0.25) is 0 Å². The van der Waals surface area contributed by atoms with Gasteiger partial charge in [-0.25, -0.2) is 0 Å². The number of rotatable bonds is 5. The summed E-state index contributed by atoms with van der Waals surface area (Å²) in [5, 5.41) is 0.691. The van der Waals surface area contributed by atoms with Crippen LogP contribution in [0.5, 0.6) is 0 Å². The Morgan fingerprint density at radius 3 is 2.24 bits per heavy atom. The number of carbonyl (C=O) groups is 2. The SMILES string of the molecule is CC(OCC1CC1)C(=O)N1CCN(C(=O)c2c(Cl)cccc2Cl)CC1. The lowest BCUT2D eigenvalue weighted by Gasteiger charge is -2.36. The van der Waals surface area contributed by atoms with Crippen LogP contribution in [0.25, 0.3) is 0 Å². The average molecular weight is 385 g/mol. The maximum absolute atomic E-state index is 12.7. The van der Waals surface area contributed by atoms with Crippen LogP contribution in [0.2, 0.25) is 10.0 Å². The second kappa shape index (κ2) is 7.94. The van der Waals surface area contributed by atoms with Crippen LogP contribution in [0.1, 0.15) is 30.1 Å². The highest BCUT2D eigenvalue weighted by atomic mass is 35.5. The Bertz CT molecular complexity index is 635. The summed E-state index contributed by atoms with van der Waals surface area (Å²) in [6.07, 6.45) is 1.97. The fraction of sp³-hybridized carbons (Fsp3) is 0.556. The maximum Gasteiger partial charge on any atom is 0.257 e. The summed E-state index contributed by atoms with van der Waals surface area (Å²) in [7, 11) is 0. The molecule has 5 nitrogen and oxygen atoms in total. The van der Waals surface area contributed by atoms with Crippen molar-refractivity contribution in [1.29, 1.82) is 0 Å². The minimum absolute atomic E-state index is 0.0106. The topological polar surface area (TPSA) is 49.9 Å². The molecule has 0 radical (unpaired) electrons. The Balaban J connectivity index is 1.54. The summed E-state index contributed by atoms with van der Waals surface area (Å²) >= 11 is 12.2. The van der Waals surface area contributed by atoms with E-state index in [1.54, 1.807) is 34.9 Å². The zero-order chi connectivity index (χ0) is 18.0. The molecule has 1 aromatic carbocycles. The Labute approximate surface area is 157 Å². The standard InChI is InChI=1S/C18H22Cl2N2O3/c1-12(25-11-13-5-6-13)17(23)21-7-9-22(10-8-21)18(24)16-14(19)3-2-4-15(16)20/h2-4,12-13H,5-11H2,1H3. The zero-order valence-corrected chi connectivity index (χ0v) is 15.7. The molecule has 1 saturated heterocycles. The summed E-state index contributed by atoms with van der Waals surface area (Å²) in [5.41, 5.74) is 0.326. The maximum atomic E-state index is 12.7. The van der Waals surface area contributed by atoms with E-state index in [0.29, 0.717) is 54.3 Å². The lowest BCUT2D eigenvalue weighted by Crippen LogP contribution is -2.53. The molecule has 2 aliphatic rings. The second-order valence-electron chi connectivity index (χ2n) is 6.63. The molecule has 25 heavy (non-hydrogen) atoms. The quantitative estimate of drug-likeness (QED) is 0.783. The Morgan fingerprint density at radius 1 is 1.12 bits per heavy atom. The fourth-order valence-electron chi connectivity index (χ4n) is 2.88. The molecule has 1 aliphatic heterocycles. The molecule has 1 atom stereocenters. The van der Waals surface area contributed by atoms with Crippen molar-refractivity contribution in [3.05, 3.63) is 33.8 Å². The van der Waals surface area contributed by atoms with Crippen LogP contribution >= 0.6 is 23.2 Å². The van der Waals surface area contributed by atoms with E-state index in [-0.39, 0.29) is 11.8 Å². The van der Waals surface area contributed by atoms with Gasteiger partial charge in [-0.2, -0.15) is 0 Å². The Hall–Kier alpha value is -1.30. The van der Waals surface area contributed by atoms with Gasteiger partial charge in [-0.15, -0.1) is 0 Å². The first kappa shape index (κ1) is 18.5. The van der Waals surface area contributed by atoms with Gasteiger partial charge in [0, 0.05) is 26.2 Å². The summed E-state index contributed by atoms with van der Waals surface area (Å²) in [6.45, 7) is 4.36. The molecule has 0 N–H and O–H groups in total. The number of nitrogens with zero attached hydrogens (tertiary/aromatic N) is 2. The molecular weight excluding hydrogens is 363 g/mol. The molecule has 0 spiro atoms. The molecular formula is C18H22Cl2N2O3. The third-order valence-corrected chi connectivity index (χ3v) is 5.31. The van der Waals surface area contributed by atoms with E-state index >= 15 is 0 Å². The molecule has 7 heteroatoms. The Morgan fingerprint density at radius 2 is 1.68 bits per heavy atom. The van der Waals surface area contributed by atoms with Crippen molar-refractivity contribution in [2.24, 2.45) is 5.92 Å². The number of amides is 2. The summed E-state index contributed by atoms with van der Waals surface area (Å²) < 4.78 is 5.65. The van der Waals surface area contributed by atoms with Crippen LogP contribution in [0.3, 0.4) is 0 Å². The highest BCUT2D eigenvalue weighted by Gasteiger charge is 2.30. The largest absolute Gasteiger partial charge is 0.368 e. The monoisotopic (exact) mass is 384 g/mol. The smallest absolute Gasteiger partial charge is 0.257 e. The molecule has 1 saturated carbocycles. The van der Waals surface area contributed by atoms with Crippen LogP contribution in [0, 0.1) is 5.92 Å². The van der Waals surface area contributed by atoms with E-state index in [2.05, 4.69) is 0 Å². The van der Waals surface area contributed by atoms with Gasteiger partial charge in [-0.3, -0.25) is 9.59 Å². The molecule has 2 amide bonds. The van der Waals surface area contributed by atoms with Crippen LogP contribution in [0.15, 0.2) is 18.2 Å². The fourth-order valence-corrected chi connectivity index (χ4v) is 3.44. The molecule has 1 aromatic rings. The summed E-state index contributed by atoms with van der Waals surface area (Å²) in [6, 6.07) is 5.01. The van der Waals surface area contributed by atoms with Gasteiger partial charge in [0.05, 0.1) is 22.2 Å². The van der Waals surface area contributed by atoms with Crippen molar-refractivity contribution in [3.63, 3.8) is 0 Å². The van der Waals surface area contributed by atoms with Gasteiger partial charge in [0.15, 0.2) is 0 Å². The second-order valence-corrected chi connectivity index (χ2v) is 7.45. The lowest BCUT2D eigenvalue weighted by molar-refractivity contribution is -0.144. The van der Waals surface area contributed by atoms with Crippen LogP contribution in [-0.2, 0) is 9.53 Å².